The van der Waals surface area contributed by atoms with Crippen molar-refractivity contribution in [3.8, 4) is 11.3 Å². The van der Waals surface area contributed by atoms with Crippen LogP contribution in [0, 0.1) is 6.92 Å². The van der Waals surface area contributed by atoms with Gasteiger partial charge in [0, 0.05) is 17.1 Å². The second-order valence-electron chi connectivity index (χ2n) is 8.28. The molecule has 0 aliphatic heterocycles. The van der Waals surface area contributed by atoms with Crippen molar-refractivity contribution in [2.75, 3.05) is 5.73 Å². The maximum absolute atomic E-state index is 12.9. The molecule has 1 aliphatic carbocycles. The van der Waals surface area contributed by atoms with E-state index in [0.717, 1.165) is 40.7 Å². The van der Waals surface area contributed by atoms with Crippen LogP contribution in [0.4, 0.5) is 10.5 Å². The molecule has 1 aromatic carbocycles. The van der Waals surface area contributed by atoms with Crippen LogP contribution >= 0.6 is 0 Å². The molecular weight excluding hydrogens is 338 g/mol. The van der Waals surface area contributed by atoms with E-state index in [4.69, 9.17) is 10.5 Å². The molecule has 27 heavy (non-hydrogen) atoms. The summed E-state index contributed by atoms with van der Waals surface area (Å²) in [6.07, 6.45) is 3.81. The Hall–Kier alpha value is -2.82. The highest BCUT2D eigenvalue weighted by molar-refractivity contribution is 6.02. The second-order valence-corrected chi connectivity index (χ2v) is 8.28. The lowest BCUT2D eigenvalue weighted by Gasteiger charge is -2.20. The van der Waals surface area contributed by atoms with Crippen LogP contribution in [-0.4, -0.2) is 21.2 Å². The standard InChI is InChI=1S/C22H25N3O2/c1-13-18(23)10-11-19(24-13)17-12-25(21(26)27-22(2,3)4)20-15(14-8-9-14)6-5-7-16(17)20/h5-7,10-12,14H,8-9,23H2,1-4H3. The van der Waals surface area contributed by atoms with Gasteiger partial charge < -0.3 is 10.5 Å². The number of nitrogen functional groups attached to an aromatic ring is 1. The molecule has 2 N–H and O–H groups in total. The molecule has 0 saturated heterocycles. The second kappa shape index (κ2) is 6.12. The molecule has 3 aromatic rings. The maximum Gasteiger partial charge on any atom is 0.419 e. The number of anilines is 1. The number of rotatable bonds is 2. The third-order valence-corrected chi connectivity index (χ3v) is 4.87. The van der Waals surface area contributed by atoms with Crippen LogP contribution in [0.15, 0.2) is 36.5 Å². The minimum Gasteiger partial charge on any atom is -0.443 e. The summed E-state index contributed by atoms with van der Waals surface area (Å²) in [5.74, 6) is 0.513. The lowest BCUT2D eigenvalue weighted by atomic mass is 10.0. The van der Waals surface area contributed by atoms with E-state index in [1.165, 1.54) is 5.56 Å². The number of carbonyl (C=O) groups excluding carboxylic acids is 1. The molecule has 5 nitrogen and oxygen atoms in total. The molecule has 1 saturated carbocycles. The van der Waals surface area contributed by atoms with Crippen LogP contribution in [-0.2, 0) is 4.74 Å². The van der Waals surface area contributed by atoms with Crippen molar-refractivity contribution in [1.29, 1.82) is 0 Å². The third kappa shape index (κ3) is 3.29. The quantitative estimate of drug-likeness (QED) is 0.675. The fourth-order valence-electron chi connectivity index (χ4n) is 3.42. The van der Waals surface area contributed by atoms with Crippen LogP contribution in [0.5, 0.6) is 0 Å². The third-order valence-electron chi connectivity index (χ3n) is 4.87. The summed E-state index contributed by atoms with van der Waals surface area (Å²) < 4.78 is 7.31. The van der Waals surface area contributed by atoms with Crippen LogP contribution < -0.4 is 5.73 Å². The van der Waals surface area contributed by atoms with Gasteiger partial charge in [-0.15, -0.1) is 0 Å². The normalized spacial score (nSPS) is 14.5. The van der Waals surface area contributed by atoms with Crippen molar-refractivity contribution < 1.29 is 9.53 Å². The van der Waals surface area contributed by atoms with Gasteiger partial charge in [-0.2, -0.15) is 0 Å². The first-order valence-electron chi connectivity index (χ1n) is 9.35. The minimum atomic E-state index is -0.557. The van der Waals surface area contributed by atoms with E-state index in [1.807, 2.05) is 52.1 Å². The Morgan fingerprint density at radius 2 is 1.96 bits per heavy atom. The molecule has 0 amide bonds. The molecule has 1 fully saturated rings. The number of nitrogens with zero attached hydrogens (tertiary/aromatic N) is 2. The van der Waals surface area contributed by atoms with Gasteiger partial charge in [0.2, 0.25) is 0 Å². The SMILES string of the molecule is Cc1nc(-c2cn(C(=O)OC(C)(C)C)c3c(C4CC4)cccc23)ccc1N. The molecule has 1 aliphatic rings. The van der Waals surface area contributed by atoms with Gasteiger partial charge in [-0.1, -0.05) is 18.2 Å². The summed E-state index contributed by atoms with van der Waals surface area (Å²) in [4.78, 5) is 17.6. The van der Waals surface area contributed by atoms with Gasteiger partial charge in [-0.3, -0.25) is 9.55 Å². The summed E-state index contributed by atoms with van der Waals surface area (Å²) in [5, 5.41) is 1.02. The van der Waals surface area contributed by atoms with E-state index in [-0.39, 0.29) is 6.09 Å². The van der Waals surface area contributed by atoms with Crippen molar-refractivity contribution in [2.24, 2.45) is 0 Å². The molecule has 0 bridgehead atoms. The first kappa shape index (κ1) is 17.6. The number of benzene rings is 1. The molecule has 5 heteroatoms. The maximum atomic E-state index is 12.9. The van der Waals surface area contributed by atoms with Gasteiger partial charge in [0.1, 0.15) is 5.60 Å². The summed E-state index contributed by atoms with van der Waals surface area (Å²) in [5.41, 5.74) is 10.7. The number of para-hydroxylation sites is 1. The van der Waals surface area contributed by atoms with Crippen LogP contribution in [0.2, 0.25) is 0 Å². The zero-order chi connectivity index (χ0) is 19.3. The Labute approximate surface area is 159 Å². The van der Waals surface area contributed by atoms with Gasteiger partial charge >= 0.3 is 6.09 Å². The van der Waals surface area contributed by atoms with Gasteiger partial charge in [0.15, 0.2) is 0 Å². The van der Waals surface area contributed by atoms with Crippen molar-refractivity contribution in [2.45, 2.75) is 52.1 Å². The van der Waals surface area contributed by atoms with Gasteiger partial charge in [-0.05, 0) is 64.2 Å². The van der Waals surface area contributed by atoms with Gasteiger partial charge in [-0.25, -0.2) is 4.79 Å². The Balaban J connectivity index is 1.94. The average molecular weight is 363 g/mol. The van der Waals surface area contributed by atoms with E-state index < -0.39 is 5.60 Å². The monoisotopic (exact) mass is 363 g/mol. The predicted octanol–water partition coefficient (Wildman–Crippen LogP) is 5.25. The summed E-state index contributed by atoms with van der Waals surface area (Å²) in [7, 11) is 0. The van der Waals surface area contributed by atoms with Crippen molar-refractivity contribution in [3.63, 3.8) is 0 Å². The highest BCUT2D eigenvalue weighted by Crippen LogP contribution is 2.45. The fourth-order valence-corrected chi connectivity index (χ4v) is 3.42. The molecule has 2 heterocycles. The summed E-state index contributed by atoms with van der Waals surface area (Å²) in [6.45, 7) is 7.53. The number of hydrogen-bond acceptors (Lipinski definition) is 4. The Morgan fingerprint density at radius 1 is 1.22 bits per heavy atom. The smallest absolute Gasteiger partial charge is 0.419 e. The zero-order valence-corrected chi connectivity index (χ0v) is 16.2. The Kier molecular flexibility index (Phi) is 3.98. The summed E-state index contributed by atoms with van der Waals surface area (Å²) >= 11 is 0. The van der Waals surface area contributed by atoms with E-state index in [9.17, 15) is 4.79 Å². The highest BCUT2D eigenvalue weighted by atomic mass is 16.6. The molecule has 2 aromatic heterocycles. The van der Waals surface area contributed by atoms with Gasteiger partial charge in [0.25, 0.3) is 0 Å². The van der Waals surface area contributed by atoms with Gasteiger partial charge in [0.05, 0.1) is 22.6 Å². The topological polar surface area (TPSA) is 70.1 Å². The molecule has 0 radical (unpaired) electrons. The zero-order valence-electron chi connectivity index (χ0n) is 16.2. The fraction of sp³-hybridized carbons (Fsp3) is 0.364. The predicted molar refractivity (Wildman–Crippen MR) is 108 cm³/mol. The van der Waals surface area contributed by atoms with Crippen molar-refractivity contribution >= 4 is 22.7 Å². The number of pyridine rings is 1. The minimum absolute atomic E-state index is 0.362. The van der Waals surface area contributed by atoms with E-state index in [2.05, 4.69) is 17.1 Å². The number of fused-ring (bicyclic) bond motifs is 1. The van der Waals surface area contributed by atoms with E-state index in [0.29, 0.717) is 11.6 Å². The first-order valence-corrected chi connectivity index (χ1v) is 9.35. The molecule has 140 valence electrons. The van der Waals surface area contributed by atoms with Crippen LogP contribution in [0.1, 0.15) is 50.8 Å². The largest absolute Gasteiger partial charge is 0.443 e. The Morgan fingerprint density at radius 3 is 2.59 bits per heavy atom. The number of carbonyl (C=O) groups is 1. The van der Waals surface area contributed by atoms with E-state index in [1.54, 1.807) is 4.57 Å². The highest BCUT2D eigenvalue weighted by Gasteiger charge is 2.30. The molecule has 0 atom stereocenters. The summed E-state index contributed by atoms with van der Waals surface area (Å²) in [6, 6.07) is 9.99. The number of ether oxygens (including phenoxy) is 1. The molecule has 0 unspecified atom stereocenters. The van der Waals surface area contributed by atoms with Crippen LogP contribution in [0.25, 0.3) is 22.2 Å². The number of nitrogens with two attached hydrogens (primary N) is 1. The van der Waals surface area contributed by atoms with Crippen molar-refractivity contribution in [1.82, 2.24) is 9.55 Å². The average Bonchev–Trinajstić information content (AvgIpc) is 3.35. The first-order chi connectivity index (χ1) is 12.7. The molecule has 0 spiro atoms. The molecule has 4 rings (SSSR count). The lowest BCUT2D eigenvalue weighted by molar-refractivity contribution is 0.0544. The van der Waals surface area contributed by atoms with E-state index >= 15 is 0 Å². The number of aromatic nitrogens is 2. The lowest BCUT2D eigenvalue weighted by Crippen LogP contribution is -2.26. The van der Waals surface area contributed by atoms with Crippen molar-refractivity contribution in [3.05, 3.63) is 47.8 Å². The number of aryl methyl sites for hydroxylation is 1. The molecular formula is C22H25N3O2. The van der Waals surface area contributed by atoms with Crippen LogP contribution in [0.3, 0.4) is 0 Å². The number of hydrogen-bond donors (Lipinski definition) is 1. The Bertz CT molecular complexity index is 1040.